The molecule has 166 valence electrons. The lowest BCUT2D eigenvalue weighted by Crippen LogP contribution is -3.08. The molecule has 0 radical (unpaired) electrons. The van der Waals surface area contributed by atoms with Gasteiger partial charge < -0.3 is 20.5 Å². The Morgan fingerprint density at radius 2 is 1.61 bits per heavy atom. The molecule has 0 bridgehead atoms. The monoisotopic (exact) mass is 442 g/mol. The fourth-order valence-corrected chi connectivity index (χ4v) is 3.55. The summed E-state index contributed by atoms with van der Waals surface area (Å²) in [6.45, 7) is 0.495. The predicted octanol–water partition coefficient (Wildman–Crippen LogP) is 1.83. The van der Waals surface area contributed by atoms with Gasteiger partial charge in [-0.2, -0.15) is 0 Å². The van der Waals surface area contributed by atoms with Crippen LogP contribution in [-0.4, -0.2) is 35.4 Å². The molecule has 1 unspecified atom stereocenters. The maximum absolute atomic E-state index is 12.7. The minimum Gasteiger partial charge on any atom is -0.323 e. The summed E-state index contributed by atoms with van der Waals surface area (Å²) >= 11 is 0. The number of aromatic nitrogens is 2. The molecule has 0 aliphatic carbocycles. The largest absolute Gasteiger partial charge is 0.323 e. The fourth-order valence-electron chi connectivity index (χ4n) is 3.55. The number of carbonyl (C=O) groups is 2. The molecule has 3 aromatic carbocycles. The van der Waals surface area contributed by atoms with Crippen LogP contribution in [0.5, 0.6) is 0 Å². The Hall–Kier alpha value is -4.30. The fraction of sp³-hybridized carbons (Fsp3) is 0.120. The lowest BCUT2D eigenvalue weighted by molar-refractivity contribution is -0.885. The van der Waals surface area contributed by atoms with E-state index in [4.69, 9.17) is 0 Å². The zero-order valence-electron chi connectivity index (χ0n) is 18.1. The quantitative estimate of drug-likeness (QED) is 0.350. The van der Waals surface area contributed by atoms with Gasteiger partial charge in [-0.3, -0.25) is 14.4 Å². The van der Waals surface area contributed by atoms with Gasteiger partial charge in [0.15, 0.2) is 12.4 Å². The van der Waals surface area contributed by atoms with E-state index in [9.17, 15) is 14.4 Å². The van der Waals surface area contributed by atoms with E-state index >= 15 is 0 Å². The van der Waals surface area contributed by atoms with Gasteiger partial charge in [0.05, 0.1) is 29.2 Å². The molecule has 2 amide bonds. The molecule has 4 rings (SSSR count). The average Bonchev–Trinajstić information content (AvgIpc) is 2.80. The number of fused-ring (bicyclic) bond motifs is 1. The molecule has 4 aromatic rings. The number of nitrogens with zero attached hydrogens (tertiary/aromatic N) is 1. The summed E-state index contributed by atoms with van der Waals surface area (Å²) in [6.07, 6.45) is 0. The summed E-state index contributed by atoms with van der Waals surface area (Å²) in [7, 11) is 1.84. The first-order valence-electron chi connectivity index (χ1n) is 10.5. The predicted molar refractivity (Wildman–Crippen MR) is 127 cm³/mol. The number of H-pyrrole nitrogens is 1. The third-order valence-corrected chi connectivity index (χ3v) is 5.07. The number of anilines is 2. The topological polar surface area (TPSA) is 108 Å². The number of benzene rings is 3. The maximum atomic E-state index is 12.7. The van der Waals surface area contributed by atoms with Crippen LogP contribution in [0.1, 0.15) is 16.2 Å². The highest BCUT2D eigenvalue weighted by atomic mass is 16.2. The lowest BCUT2D eigenvalue weighted by atomic mass is 10.1. The first-order chi connectivity index (χ1) is 16.0. The molecule has 1 aromatic heterocycles. The molecule has 0 fully saturated rings. The molecule has 4 N–H and O–H groups in total. The second-order valence-corrected chi connectivity index (χ2v) is 7.75. The SMILES string of the molecule is C[NH+](CC(=O)Nc1ccccc1C(=O)Nc1ccccc1)Cc1nc2ccccc2c(=O)[nH]1. The first kappa shape index (κ1) is 21.9. The van der Waals surface area contributed by atoms with Crippen LogP contribution in [0, 0.1) is 0 Å². The normalized spacial score (nSPS) is 11.7. The number of aromatic amines is 1. The van der Waals surface area contributed by atoms with E-state index in [0.717, 1.165) is 4.90 Å². The van der Waals surface area contributed by atoms with E-state index in [1.807, 2.05) is 31.3 Å². The average molecular weight is 442 g/mol. The van der Waals surface area contributed by atoms with Gasteiger partial charge in [-0.15, -0.1) is 0 Å². The van der Waals surface area contributed by atoms with Crippen LogP contribution in [0.3, 0.4) is 0 Å². The van der Waals surface area contributed by atoms with Crippen LogP contribution in [0.15, 0.2) is 83.7 Å². The number of hydrogen-bond donors (Lipinski definition) is 4. The Morgan fingerprint density at radius 1 is 0.909 bits per heavy atom. The Balaban J connectivity index is 1.41. The molecule has 8 nitrogen and oxygen atoms in total. The van der Waals surface area contributed by atoms with E-state index in [0.29, 0.717) is 40.2 Å². The van der Waals surface area contributed by atoms with Crippen LogP contribution in [0.4, 0.5) is 11.4 Å². The van der Waals surface area contributed by atoms with Crippen molar-refractivity contribution in [2.45, 2.75) is 6.54 Å². The smallest absolute Gasteiger partial charge is 0.279 e. The number of amides is 2. The lowest BCUT2D eigenvalue weighted by Gasteiger charge is -2.15. The number of nitrogens with one attached hydrogen (secondary N) is 4. The van der Waals surface area contributed by atoms with Gasteiger partial charge in [0.25, 0.3) is 17.4 Å². The number of hydrogen-bond acceptors (Lipinski definition) is 4. The molecular formula is C25H24N5O3+. The molecule has 0 aliphatic heterocycles. The van der Waals surface area contributed by atoms with E-state index in [2.05, 4.69) is 20.6 Å². The Kier molecular flexibility index (Phi) is 6.56. The van der Waals surface area contributed by atoms with Gasteiger partial charge >= 0.3 is 0 Å². The zero-order valence-corrected chi connectivity index (χ0v) is 18.1. The van der Waals surface area contributed by atoms with Crippen molar-refractivity contribution < 1.29 is 14.5 Å². The van der Waals surface area contributed by atoms with Gasteiger partial charge in [-0.1, -0.05) is 42.5 Å². The van der Waals surface area contributed by atoms with Crippen molar-refractivity contribution in [2.75, 3.05) is 24.2 Å². The van der Waals surface area contributed by atoms with Crippen LogP contribution in [0.25, 0.3) is 10.9 Å². The summed E-state index contributed by atoms with van der Waals surface area (Å²) in [5.41, 5.74) is 1.89. The van der Waals surface area contributed by atoms with Crippen molar-refractivity contribution in [2.24, 2.45) is 0 Å². The Bertz CT molecular complexity index is 1350. The summed E-state index contributed by atoms with van der Waals surface area (Å²) in [5, 5.41) is 6.18. The first-order valence-corrected chi connectivity index (χ1v) is 10.5. The highest BCUT2D eigenvalue weighted by Gasteiger charge is 2.17. The highest BCUT2D eigenvalue weighted by molar-refractivity contribution is 6.10. The van der Waals surface area contributed by atoms with Gasteiger partial charge in [0, 0.05) is 5.69 Å². The number of quaternary nitrogens is 1. The number of rotatable bonds is 7. The van der Waals surface area contributed by atoms with Gasteiger partial charge in [-0.05, 0) is 36.4 Å². The second-order valence-electron chi connectivity index (χ2n) is 7.75. The van der Waals surface area contributed by atoms with Crippen molar-refractivity contribution in [1.29, 1.82) is 0 Å². The molecule has 8 heteroatoms. The summed E-state index contributed by atoms with van der Waals surface area (Å²) in [4.78, 5) is 45.7. The van der Waals surface area contributed by atoms with E-state index < -0.39 is 0 Å². The molecule has 33 heavy (non-hydrogen) atoms. The van der Waals surface area contributed by atoms with Crippen molar-refractivity contribution >= 4 is 34.1 Å². The summed E-state index contributed by atoms with van der Waals surface area (Å²) in [6, 6.07) is 23.1. The number of likely N-dealkylation sites (N-methyl/N-ethyl adjacent to an activating group) is 1. The summed E-state index contributed by atoms with van der Waals surface area (Å²) in [5.74, 6) is -0.0574. The molecule has 1 heterocycles. The Morgan fingerprint density at radius 3 is 2.42 bits per heavy atom. The maximum Gasteiger partial charge on any atom is 0.279 e. The second kappa shape index (κ2) is 9.88. The molecule has 0 saturated carbocycles. The van der Waals surface area contributed by atoms with Gasteiger partial charge in [0.2, 0.25) is 0 Å². The molecule has 0 saturated heterocycles. The van der Waals surface area contributed by atoms with Crippen molar-refractivity contribution in [3.8, 4) is 0 Å². The number of para-hydroxylation sites is 3. The van der Waals surface area contributed by atoms with Crippen molar-refractivity contribution in [1.82, 2.24) is 9.97 Å². The Labute approximate surface area is 190 Å². The molecule has 0 spiro atoms. The van der Waals surface area contributed by atoms with Gasteiger partial charge in [-0.25, -0.2) is 4.98 Å². The highest BCUT2D eigenvalue weighted by Crippen LogP contribution is 2.17. The van der Waals surface area contributed by atoms with Crippen LogP contribution < -0.4 is 21.1 Å². The van der Waals surface area contributed by atoms with Crippen LogP contribution in [0.2, 0.25) is 0 Å². The third kappa shape index (κ3) is 5.50. The molecular weight excluding hydrogens is 418 g/mol. The minimum absolute atomic E-state index is 0.130. The summed E-state index contributed by atoms with van der Waals surface area (Å²) < 4.78 is 0. The standard InChI is InChI=1S/C25H23N5O3/c1-30(15-22-27-20-13-7-5-11-18(20)25(33)29-22)16-23(31)28-21-14-8-6-12-19(21)24(32)26-17-9-3-2-4-10-17/h2-14H,15-16H2,1H3,(H,26,32)(H,28,31)(H,27,29,33)/p+1. The van der Waals surface area contributed by atoms with Gasteiger partial charge in [0.1, 0.15) is 6.54 Å². The zero-order chi connectivity index (χ0) is 23.2. The van der Waals surface area contributed by atoms with Crippen LogP contribution in [-0.2, 0) is 11.3 Å². The van der Waals surface area contributed by atoms with Crippen molar-refractivity contribution in [3.05, 3.63) is 101 Å². The van der Waals surface area contributed by atoms with Crippen LogP contribution >= 0.6 is 0 Å². The number of carbonyl (C=O) groups excluding carboxylic acids is 2. The third-order valence-electron chi connectivity index (χ3n) is 5.07. The molecule has 0 aliphatic rings. The molecule has 1 atom stereocenters. The van der Waals surface area contributed by atoms with E-state index in [1.165, 1.54) is 0 Å². The van der Waals surface area contributed by atoms with E-state index in [-0.39, 0.29) is 23.9 Å². The minimum atomic E-state index is -0.309. The van der Waals surface area contributed by atoms with Crippen molar-refractivity contribution in [3.63, 3.8) is 0 Å². The van der Waals surface area contributed by atoms with E-state index in [1.54, 1.807) is 54.6 Å².